The van der Waals surface area contributed by atoms with Crippen molar-refractivity contribution in [2.24, 2.45) is 0 Å². The maximum Gasteiger partial charge on any atom is 0.335 e. The summed E-state index contributed by atoms with van der Waals surface area (Å²) in [5, 5.41) is 14.9. The first-order chi connectivity index (χ1) is 17.6. The number of hydrogen-bond acceptors (Lipinski definition) is 7. The molecule has 1 aliphatic rings. The Labute approximate surface area is 226 Å². The van der Waals surface area contributed by atoms with E-state index in [4.69, 9.17) is 14.9 Å². The third-order valence-corrected chi connectivity index (χ3v) is 7.66. The molecule has 4 aromatic rings. The second-order valence-corrected chi connectivity index (χ2v) is 10.0. The van der Waals surface area contributed by atoms with Crippen LogP contribution >= 0.6 is 23.7 Å². The highest BCUT2D eigenvalue weighted by Gasteiger charge is 2.18. The SMILES string of the molecule is COCCCCCN1CCN(c2ccc(-c3nn4c(-c5ccc(C(=O)O)cc5)cnc4s3)cc2)CC1.Cl. The minimum atomic E-state index is -0.935. The fourth-order valence-corrected chi connectivity index (χ4v) is 5.47. The number of carbonyl (C=O) groups is 1. The van der Waals surface area contributed by atoms with E-state index in [2.05, 4.69) is 39.0 Å². The molecule has 2 aromatic carbocycles. The van der Waals surface area contributed by atoms with Crippen molar-refractivity contribution >= 4 is 40.4 Å². The van der Waals surface area contributed by atoms with Gasteiger partial charge in [0, 0.05) is 56.7 Å². The molecule has 0 saturated carbocycles. The fraction of sp³-hybridized carbons (Fsp3) is 0.370. The van der Waals surface area contributed by atoms with E-state index in [1.165, 1.54) is 25.1 Å². The summed E-state index contributed by atoms with van der Waals surface area (Å²) >= 11 is 1.55. The summed E-state index contributed by atoms with van der Waals surface area (Å²) in [6, 6.07) is 15.4. The average Bonchev–Trinajstić information content (AvgIpc) is 3.50. The Morgan fingerprint density at radius 3 is 2.35 bits per heavy atom. The number of nitrogens with zero attached hydrogens (tertiary/aromatic N) is 5. The lowest BCUT2D eigenvalue weighted by atomic mass is 10.1. The fourth-order valence-electron chi connectivity index (χ4n) is 4.59. The number of imidazole rings is 1. The maximum atomic E-state index is 11.1. The van der Waals surface area contributed by atoms with Crippen molar-refractivity contribution in [2.75, 3.05) is 51.3 Å². The molecule has 8 nitrogen and oxygen atoms in total. The number of methoxy groups -OCH3 is 1. The molecule has 3 heterocycles. The molecule has 0 amide bonds. The zero-order valence-corrected chi connectivity index (χ0v) is 22.5. The van der Waals surface area contributed by atoms with Crippen molar-refractivity contribution in [1.29, 1.82) is 0 Å². The van der Waals surface area contributed by atoms with Gasteiger partial charge in [0.1, 0.15) is 5.01 Å². The molecular formula is C27H32ClN5O3S. The Balaban J connectivity index is 0.00000320. The Bertz CT molecular complexity index is 1300. The molecule has 10 heteroatoms. The number of aromatic nitrogens is 3. The van der Waals surface area contributed by atoms with Crippen LogP contribution in [0.4, 0.5) is 5.69 Å². The molecule has 0 spiro atoms. The molecule has 2 aromatic heterocycles. The standard InChI is InChI=1S/C27H31N5O3S.ClH/c1-35-18-4-2-3-13-30-14-16-31(17-15-30)23-11-9-21(10-12-23)25-29-32-24(19-28-27(32)36-25)20-5-7-22(8-6-20)26(33)34;/h5-12,19H,2-4,13-18H2,1H3,(H,33,34);1H. The van der Waals surface area contributed by atoms with Gasteiger partial charge in [-0.15, -0.1) is 12.4 Å². The zero-order valence-electron chi connectivity index (χ0n) is 20.9. The van der Waals surface area contributed by atoms with Crippen LogP contribution in [-0.2, 0) is 4.74 Å². The second kappa shape index (κ2) is 12.5. The summed E-state index contributed by atoms with van der Waals surface area (Å²) in [6.45, 7) is 6.34. The Hall–Kier alpha value is -2.98. The quantitative estimate of drug-likeness (QED) is 0.277. The van der Waals surface area contributed by atoms with Crippen LogP contribution in [-0.4, -0.2) is 77.0 Å². The molecule has 196 valence electrons. The van der Waals surface area contributed by atoms with E-state index in [-0.39, 0.29) is 18.0 Å². The first kappa shape index (κ1) is 27.1. The third-order valence-electron chi connectivity index (χ3n) is 6.69. The van der Waals surface area contributed by atoms with Crippen LogP contribution in [0.3, 0.4) is 0 Å². The predicted molar refractivity (Wildman–Crippen MR) is 150 cm³/mol. The van der Waals surface area contributed by atoms with Gasteiger partial charge < -0.3 is 14.7 Å². The summed E-state index contributed by atoms with van der Waals surface area (Å²) in [7, 11) is 1.77. The molecule has 1 fully saturated rings. The Morgan fingerprint density at radius 2 is 1.68 bits per heavy atom. The molecule has 0 aliphatic carbocycles. The molecule has 1 saturated heterocycles. The maximum absolute atomic E-state index is 11.1. The van der Waals surface area contributed by atoms with Gasteiger partial charge in [0.05, 0.1) is 17.5 Å². The van der Waals surface area contributed by atoms with Gasteiger partial charge in [0.15, 0.2) is 0 Å². The van der Waals surface area contributed by atoms with Crippen molar-refractivity contribution in [2.45, 2.75) is 19.3 Å². The lowest BCUT2D eigenvalue weighted by molar-refractivity contribution is 0.0697. The first-order valence-electron chi connectivity index (χ1n) is 12.4. The second-order valence-electron chi connectivity index (χ2n) is 9.06. The predicted octanol–water partition coefficient (Wildman–Crippen LogP) is 5.18. The third kappa shape index (κ3) is 6.30. The van der Waals surface area contributed by atoms with Gasteiger partial charge in [-0.2, -0.15) is 5.10 Å². The van der Waals surface area contributed by atoms with E-state index in [0.717, 1.165) is 66.0 Å². The molecule has 1 aliphatic heterocycles. The topological polar surface area (TPSA) is 83.2 Å². The van der Waals surface area contributed by atoms with Crippen LogP contribution in [0.25, 0.3) is 26.8 Å². The number of anilines is 1. The van der Waals surface area contributed by atoms with Crippen LogP contribution < -0.4 is 4.90 Å². The number of aromatic carboxylic acids is 1. The van der Waals surface area contributed by atoms with Crippen LogP contribution in [0.5, 0.6) is 0 Å². The Kier molecular flexibility index (Phi) is 9.15. The molecular weight excluding hydrogens is 510 g/mol. The normalized spacial score (nSPS) is 14.1. The van der Waals surface area contributed by atoms with Crippen molar-refractivity contribution in [1.82, 2.24) is 19.5 Å². The molecule has 0 atom stereocenters. The summed E-state index contributed by atoms with van der Waals surface area (Å²) < 4.78 is 6.97. The van der Waals surface area contributed by atoms with Gasteiger partial charge >= 0.3 is 5.97 Å². The minimum Gasteiger partial charge on any atom is -0.478 e. The molecule has 0 radical (unpaired) electrons. The van der Waals surface area contributed by atoms with Crippen molar-refractivity contribution < 1.29 is 14.6 Å². The smallest absolute Gasteiger partial charge is 0.335 e. The molecule has 37 heavy (non-hydrogen) atoms. The average molecular weight is 542 g/mol. The monoisotopic (exact) mass is 541 g/mol. The number of fused-ring (bicyclic) bond motifs is 1. The van der Waals surface area contributed by atoms with Crippen LogP contribution in [0, 0.1) is 0 Å². The lowest BCUT2D eigenvalue weighted by Crippen LogP contribution is -2.46. The zero-order chi connectivity index (χ0) is 24.9. The molecule has 1 N–H and O–H groups in total. The summed E-state index contributed by atoms with van der Waals surface area (Å²) in [6.07, 6.45) is 5.40. The summed E-state index contributed by atoms with van der Waals surface area (Å²) in [5.74, 6) is -0.935. The highest BCUT2D eigenvalue weighted by Crippen LogP contribution is 2.30. The number of benzene rings is 2. The van der Waals surface area contributed by atoms with Crippen molar-refractivity contribution in [3.05, 3.63) is 60.3 Å². The lowest BCUT2D eigenvalue weighted by Gasteiger charge is -2.36. The van der Waals surface area contributed by atoms with Gasteiger partial charge in [-0.1, -0.05) is 23.5 Å². The van der Waals surface area contributed by atoms with E-state index >= 15 is 0 Å². The number of rotatable bonds is 10. The van der Waals surface area contributed by atoms with Crippen LogP contribution in [0.2, 0.25) is 0 Å². The largest absolute Gasteiger partial charge is 0.478 e. The van der Waals surface area contributed by atoms with E-state index in [1.807, 2.05) is 4.52 Å². The number of carboxylic acids is 1. The highest BCUT2D eigenvalue weighted by atomic mass is 35.5. The number of ether oxygens (including phenoxy) is 1. The van der Waals surface area contributed by atoms with Gasteiger partial charge in [-0.3, -0.25) is 4.90 Å². The first-order valence-corrected chi connectivity index (χ1v) is 13.2. The number of halogens is 1. The molecule has 0 unspecified atom stereocenters. The van der Waals surface area contributed by atoms with Gasteiger partial charge in [0.2, 0.25) is 4.96 Å². The van der Waals surface area contributed by atoms with Crippen molar-refractivity contribution in [3.63, 3.8) is 0 Å². The van der Waals surface area contributed by atoms with E-state index in [1.54, 1.807) is 48.9 Å². The van der Waals surface area contributed by atoms with E-state index < -0.39 is 5.97 Å². The highest BCUT2D eigenvalue weighted by molar-refractivity contribution is 7.19. The summed E-state index contributed by atoms with van der Waals surface area (Å²) in [5.41, 5.74) is 4.31. The number of piperazine rings is 1. The Morgan fingerprint density at radius 1 is 0.973 bits per heavy atom. The number of hydrogen-bond donors (Lipinski definition) is 1. The minimum absolute atomic E-state index is 0. The van der Waals surface area contributed by atoms with Crippen LogP contribution in [0.1, 0.15) is 29.6 Å². The molecule has 0 bridgehead atoms. The van der Waals surface area contributed by atoms with Gasteiger partial charge in [0.25, 0.3) is 0 Å². The van der Waals surface area contributed by atoms with E-state index in [9.17, 15) is 4.79 Å². The van der Waals surface area contributed by atoms with Crippen molar-refractivity contribution in [3.8, 4) is 21.8 Å². The van der Waals surface area contributed by atoms with Gasteiger partial charge in [-0.25, -0.2) is 14.3 Å². The van der Waals surface area contributed by atoms with Gasteiger partial charge in [-0.05, 0) is 62.2 Å². The number of unbranched alkanes of at least 4 members (excludes halogenated alkanes) is 2. The number of carboxylic acid groups (broad SMARTS) is 1. The summed E-state index contributed by atoms with van der Waals surface area (Å²) in [4.78, 5) is 21.5. The van der Waals surface area contributed by atoms with E-state index in [0.29, 0.717) is 0 Å². The molecule has 5 rings (SSSR count). The van der Waals surface area contributed by atoms with Crippen LogP contribution in [0.15, 0.2) is 54.7 Å².